The van der Waals surface area contributed by atoms with E-state index in [1.807, 2.05) is 24.4 Å². The Morgan fingerprint density at radius 2 is 2.43 bits per heavy atom. The van der Waals surface area contributed by atoms with Crippen LogP contribution in [0.25, 0.3) is 0 Å². The summed E-state index contributed by atoms with van der Waals surface area (Å²) < 4.78 is 5.28. The van der Waals surface area contributed by atoms with Gasteiger partial charge in [0.1, 0.15) is 5.76 Å². The molecule has 0 bridgehead atoms. The highest BCUT2D eigenvalue weighted by molar-refractivity contribution is 7.10. The fourth-order valence-electron chi connectivity index (χ4n) is 1.85. The second-order valence-corrected chi connectivity index (χ2v) is 5.61. The monoisotopic (exact) mass is 302 g/mol. The molecule has 0 spiro atoms. The van der Waals surface area contributed by atoms with E-state index in [0.29, 0.717) is 12.1 Å². The molecule has 0 aromatic carbocycles. The van der Waals surface area contributed by atoms with Crippen LogP contribution in [0.4, 0.5) is 0 Å². The van der Waals surface area contributed by atoms with Gasteiger partial charge in [0.2, 0.25) is 0 Å². The number of hydrogen-bond donors (Lipinski definition) is 2. The predicted octanol–water partition coefficient (Wildman–Crippen LogP) is 2.40. The quantitative estimate of drug-likeness (QED) is 0.833. The number of carbonyl (C=O) groups is 1. The van der Waals surface area contributed by atoms with Gasteiger partial charge in [0, 0.05) is 17.8 Å². The van der Waals surface area contributed by atoms with E-state index in [4.69, 9.17) is 10.2 Å². The van der Waals surface area contributed by atoms with Crippen LogP contribution in [0.1, 0.15) is 34.3 Å². The largest absolute Gasteiger partial charge is 0.469 e. The van der Waals surface area contributed by atoms with E-state index < -0.39 is 0 Å². The molecule has 1 amide bonds. The van der Waals surface area contributed by atoms with Crippen molar-refractivity contribution in [3.63, 3.8) is 0 Å². The number of thiophene rings is 1. The number of amides is 1. The molecule has 2 heterocycles. The van der Waals surface area contributed by atoms with E-state index in [1.54, 1.807) is 12.3 Å². The first-order chi connectivity index (χ1) is 10.2. The average molecular weight is 302 g/mol. The Labute approximate surface area is 128 Å². The number of carbonyl (C=O) groups excluding carboxylic acids is 1. The maximum atomic E-state index is 12.1. The number of furan rings is 1. The zero-order chi connectivity index (χ0) is 15.1. The van der Waals surface area contributed by atoms with E-state index in [1.165, 1.54) is 11.3 Å². The second-order valence-electron chi connectivity index (χ2n) is 4.70. The molecular formula is C16H18N2O2S. The lowest BCUT2D eigenvalue weighted by Crippen LogP contribution is -2.32. The van der Waals surface area contributed by atoms with Crippen LogP contribution in [0.5, 0.6) is 0 Å². The van der Waals surface area contributed by atoms with Crippen molar-refractivity contribution in [2.45, 2.75) is 25.8 Å². The summed E-state index contributed by atoms with van der Waals surface area (Å²) >= 11 is 1.45. The second kappa shape index (κ2) is 7.67. The van der Waals surface area contributed by atoms with E-state index >= 15 is 0 Å². The van der Waals surface area contributed by atoms with E-state index in [0.717, 1.165) is 23.5 Å². The van der Waals surface area contributed by atoms with Crippen molar-refractivity contribution in [1.82, 2.24) is 5.32 Å². The number of nitrogens with two attached hydrogens (primary N) is 1. The van der Waals surface area contributed by atoms with Gasteiger partial charge < -0.3 is 15.5 Å². The van der Waals surface area contributed by atoms with Crippen molar-refractivity contribution in [3.05, 3.63) is 46.0 Å². The van der Waals surface area contributed by atoms with E-state index in [9.17, 15) is 4.79 Å². The van der Waals surface area contributed by atoms with Crippen LogP contribution >= 0.6 is 11.3 Å². The molecule has 110 valence electrons. The first kappa shape index (κ1) is 15.4. The number of nitrogens with one attached hydrogen (secondary N) is 1. The lowest BCUT2D eigenvalue weighted by Gasteiger charge is -2.12. The summed E-state index contributed by atoms with van der Waals surface area (Å²) in [6, 6.07) is 5.69. The van der Waals surface area contributed by atoms with Crippen molar-refractivity contribution >= 4 is 17.2 Å². The molecule has 2 aromatic rings. The number of hydrogen-bond acceptors (Lipinski definition) is 4. The van der Waals surface area contributed by atoms with Gasteiger partial charge in [0.15, 0.2) is 0 Å². The Morgan fingerprint density at radius 1 is 1.57 bits per heavy atom. The molecule has 0 aliphatic carbocycles. The van der Waals surface area contributed by atoms with Gasteiger partial charge in [-0.2, -0.15) is 0 Å². The minimum atomic E-state index is -0.0704. The Bertz CT molecular complexity index is 635. The molecule has 1 unspecified atom stereocenters. The SMILES string of the molecule is CC(CCc1ccco1)NC(=O)c1csc(C#CCN)c1. The van der Waals surface area contributed by atoms with Crippen LogP contribution in [0.3, 0.4) is 0 Å². The zero-order valence-corrected chi connectivity index (χ0v) is 12.7. The average Bonchev–Trinajstić information content (AvgIpc) is 3.14. The maximum Gasteiger partial charge on any atom is 0.252 e. The van der Waals surface area contributed by atoms with E-state index in [-0.39, 0.29) is 11.9 Å². The molecule has 0 saturated carbocycles. The molecular weight excluding hydrogens is 284 g/mol. The molecule has 1 atom stereocenters. The van der Waals surface area contributed by atoms with Gasteiger partial charge in [-0.3, -0.25) is 4.79 Å². The lowest BCUT2D eigenvalue weighted by molar-refractivity contribution is 0.0938. The summed E-state index contributed by atoms with van der Waals surface area (Å²) in [5.41, 5.74) is 5.97. The van der Waals surface area contributed by atoms with Gasteiger partial charge in [0.05, 0.1) is 23.2 Å². The minimum Gasteiger partial charge on any atom is -0.469 e. The Hall–Kier alpha value is -2.03. The van der Waals surface area contributed by atoms with Gasteiger partial charge in [-0.05, 0) is 31.5 Å². The van der Waals surface area contributed by atoms with Gasteiger partial charge >= 0.3 is 0 Å². The molecule has 0 aliphatic heterocycles. The van der Waals surface area contributed by atoms with Crippen molar-refractivity contribution in [1.29, 1.82) is 0 Å². The third-order valence-corrected chi connectivity index (χ3v) is 3.80. The third-order valence-electron chi connectivity index (χ3n) is 2.96. The van der Waals surface area contributed by atoms with Crippen LogP contribution < -0.4 is 11.1 Å². The number of rotatable bonds is 5. The van der Waals surface area contributed by atoms with Crippen LogP contribution in [0, 0.1) is 11.8 Å². The first-order valence-electron chi connectivity index (χ1n) is 6.79. The van der Waals surface area contributed by atoms with Gasteiger partial charge in [-0.15, -0.1) is 11.3 Å². The molecule has 2 rings (SSSR count). The molecule has 21 heavy (non-hydrogen) atoms. The summed E-state index contributed by atoms with van der Waals surface area (Å²) in [6.07, 6.45) is 3.31. The fourth-order valence-corrected chi connectivity index (χ4v) is 2.61. The Morgan fingerprint density at radius 3 is 3.14 bits per heavy atom. The van der Waals surface area contributed by atoms with E-state index in [2.05, 4.69) is 17.2 Å². The highest BCUT2D eigenvalue weighted by atomic mass is 32.1. The highest BCUT2D eigenvalue weighted by Gasteiger charge is 2.12. The minimum absolute atomic E-state index is 0.0704. The lowest BCUT2D eigenvalue weighted by atomic mass is 10.1. The molecule has 0 aliphatic rings. The predicted molar refractivity (Wildman–Crippen MR) is 84.2 cm³/mol. The van der Waals surface area contributed by atoms with Crippen LogP contribution in [-0.4, -0.2) is 18.5 Å². The molecule has 0 radical (unpaired) electrons. The molecule has 5 heteroatoms. The van der Waals surface area contributed by atoms with Gasteiger partial charge in [0.25, 0.3) is 5.91 Å². The summed E-state index contributed by atoms with van der Waals surface area (Å²) in [4.78, 5) is 13.0. The molecule has 2 aromatic heterocycles. The van der Waals surface area contributed by atoms with Crippen LogP contribution in [0.2, 0.25) is 0 Å². The number of aryl methyl sites for hydroxylation is 1. The molecule has 3 N–H and O–H groups in total. The third kappa shape index (κ3) is 4.78. The highest BCUT2D eigenvalue weighted by Crippen LogP contribution is 2.14. The molecule has 4 nitrogen and oxygen atoms in total. The standard InChI is InChI=1S/C16H18N2O2S/c1-12(6-7-14-4-3-9-20-14)18-16(19)13-10-15(21-11-13)5-2-8-17/h3-4,9-12H,6-8,17H2,1H3,(H,18,19). The van der Waals surface area contributed by atoms with Gasteiger partial charge in [-0.1, -0.05) is 11.8 Å². The normalized spacial score (nSPS) is 11.5. The van der Waals surface area contributed by atoms with Gasteiger partial charge in [-0.25, -0.2) is 0 Å². The molecule has 0 saturated heterocycles. The maximum absolute atomic E-state index is 12.1. The Balaban J connectivity index is 1.84. The van der Waals surface area contributed by atoms with Crippen molar-refractivity contribution in [3.8, 4) is 11.8 Å². The summed E-state index contributed by atoms with van der Waals surface area (Å²) in [6.45, 7) is 2.31. The Kier molecular flexibility index (Phi) is 5.61. The summed E-state index contributed by atoms with van der Waals surface area (Å²) in [5, 5.41) is 4.80. The zero-order valence-electron chi connectivity index (χ0n) is 11.9. The van der Waals surface area contributed by atoms with Crippen LogP contribution in [0.15, 0.2) is 34.3 Å². The fraction of sp³-hybridized carbons (Fsp3) is 0.312. The van der Waals surface area contributed by atoms with Crippen molar-refractivity contribution in [2.75, 3.05) is 6.54 Å². The summed E-state index contributed by atoms with van der Waals surface area (Å²) in [7, 11) is 0. The molecule has 0 fully saturated rings. The smallest absolute Gasteiger partial charge is 0.252 e. The van der Waals surface area contributed by atoms with Crippen molar-refractivity contribution in [2.24, 2.45) is 5.73 Å². The summed E-state index contributed by atoms with van der Waals surface area (Å²) in [5.74, 6) is 6.57. The first-order valence-corrected chi connectivity index (χ1v) is 7.67. The van der Waals surface area contributed by atoms with Crippen molar-refractivity contribution < 1.29 is 9.21 Å². The topological polar surface area (TPSA) is 68.3 Å². The van der Waals surface area contributed by atoms with Crippen LogP contribution in [-0.2, 0) is 6.42 Å².